The van der Waals surface area contributed by atoms with Crippen LogP contribution in [-0.2, 0) is 17.6 Å². The molecule has 0 spiro atoms. The maximum Gasteiger partial charge on any atom is 0.306 e. The minimum absolute atomic E-state index is 0.104. The smallest absolute Gasteiger partial charge is 0.306 e. The van der Waals surface area contributed by atoms with Crippen molar-refractivity contribution in [1.29, 1.82) is 0 Å². The van der Waals surface area contributed by atoms with Crippen LogP contribution >= 0.6 is 0 Å². The second-order valence-corrected chi connectivity index (χ2v) is 4.78. The normalized spacial score (nSPS) is 17.9. The van der Waals surface area contributed by atoms with Crippen molar-refractivity contribution in [3.8, 4) is 0 Å². The molecule has 0 saturated heterocycles. The van der Waals surface area contributed by atoms with Gasteiger partial charge in [-0.1, -0.05) is 12.6 Å². The fraction of sp³-hybridized carbons (Fsp3) is 0.333. The molecule has 0 aromatic heterocycles. The number of benzene rings is 1. The van der Waals surface area contributed by atoms with E-state index in [2.05, 4.69) is 6.58 Å². The Bertz CT molecular complexity index is 529. The zero-order valence-corrected chi connectivity index (χ0v) is 10.4. The minimum Gasteiger partial charge on any atom is -0.481 e. The van der Waals surface area contributed by atoms with Gasteiger partial charge in [0, 0.05) is 5.56 Å². The van der Waals surface area contributed by atoms with Crippen molar-refractivity contribution in [3.63, 3.8) is 0 Å². The molecule has 18 heavy (non-hydrogen) atoms. The van der Waals surface area contributed by atoms with Crippen LogP contribution in [0.3, 0.4) is 0 Å². The molecule has 94 valence electrons. The first-order chi connectivity index (χ1) is 8.52. The Hall–Kier alpha value is -1.90. The summed E-state index contributed by atoms with van der Waals surface area (Å²) in [5.41, 5.74) is 3.73. The molecule has 3 heteroatoms. The van der Waals surface area contributed by atoms with Gasteiger partial charge in [-0.25, -0.2) is 0 Å². The Labute approximate surface area is 106 Å². The van der Waals surface area contributed by atoms with E-state index in [1.807, 2.05) is 19.1 Å². The third-order valence-electron chi connectivity index (χ3n) is 3.58. The molecule has 1 aliphatic carbocycles. The Morgan fingerprint density at radius 2 is 2.11 bits per heavy atom. The number of carboxylic acid groups (broad SMARTS) is 1. The molecule has 0 saturated carbocycles. The van der Waals surface area contributed by atoms with E-state index in [1.54, 1.807) is 0 Å². The van der Waals surface area contributed by atoms with Gasteiger partial charge in [0.1, 0.15) is 0 Å². The fourth-order valence-electron chi connectivity index (χ4n) is 2.52. The number of allylic oxidation sites excluding steroid dienone is 1. The van der Waals surface area contributed by atoms with E-state index >= 15 is 0 Å². The summed E-state index contributed by atoms with van der Waals surface area (Å²) in [4.78, 5) is 22.7. The van der Waals surface area contributed by atoms with Crippen LogP contribution in [0, 0.1) is 12.8 Å². The van der Waals surface area contributed by atoms with Crippen molar-refractivity contribution >= 4 is 11.8 Å². The van der Waals surface area contributed by atoms with Crippen LogP contribution in [0.2, 0.25) is 0 Å². The highest BCUT2D eigenvalue weighted by Crippen LogP contribution is 2.28. The minimum atomic E-state index is -0.752. The van der Waals surface area contributed by atoms with Crippen molar-refractivity contribution in [2.75, 3.05) is 0 Å². The second-order valence-electron chi connectivity index (χ2n) is 4.78. The molecule has 0 aliphatic heterocycles. The SMILES string of the molecule is C=CC(=O)c1cc2c(cc1C)CCC(C(=O)O)C2. The summed E-state index contributed by atoms with van der Waals surface area (Å²) < 4.78 is 0. The third kappa shape index (κ3) is 2.21. The predicted molar refractivity (Wildman–Crippen MR) is 68.9 cm³/mol. The maximum atomic E-state index is 11.7. The molecule has 2 rings (SSSR count). The van der Waals surface area contributed by atoms with E-state index in [0.29, 0.717) is 18.4 Å². The first-order valence-electron chi connectivity index (χ1n) is 6.05. The Balaban J connectivity index is 2.41. The molecule has 0 bridgehead atoms. The number of rotatable bonds is 3. The largest absolute Gasteiger partial charge is 0.481 e. The summed E-state index contributed by atoms with van der Waals surface area (Å²) in [6.45, 7) is 5.39. The Morgan fingerprint density at radius 1 is 1.39 bits per heavy atom. The molecule has 0 amide bonds. The van der Waals surface area contributed by atoms with E-state index in [0.717, 1.165) is 17.5 Å². The quantitative estimate of drug-likeness (QED) is 0.656. The monoisotopic (exact) mass is 244 g/mol. The highest BCUT2D eigenvalue weighted by molar-refractivity contribution is 6.05. The summed E-state index contributed by atoms with van der Waals surface area (Å²) in [6, 6.07) is 3.84. The number of carbonyl (C=O) groups excluding carboxylic acids is 1. The topological polar surface area (TPSA) is 54.4 Å². The van der Waals surface area contributed by atoms with Crippen LogP contribution in [0.1, 0.15) is 33.5 Å². The van der Waals surface area contributed by atoms with Crippen LogP contribution in [-0.4, -0.2) is 16.9 Å². The highest BCUT2D eigenvalue weighted by Gasteiger charge is 2.25. The third-order valence-corrected chi connectivity index (χ3v) is 3.58. The molecule has 0 radical (unpaired) electrons. The van der Waals surface area contributed by atoms with Gasteiger partial charge in [-0.3, -0.25) is 9.59 Å². The van der Waals surface area contributed by atoms with Crippen LogP contribution in [0.15, 0.2) is 24.8 Å². The van der Waals surface area contributed by atoms with Gasteiger partial charge >= 0.3 is 5.97 Å². The maximum absolute atomic E-state index is 11.7. The number of ketones is 1. The summed E-state index contributed by atoms with van der Waals surface area (Å²) in [5.74, 6) is -1.18. The first-order valence-corrected chi connectivity index (χ1v) is 6.05. The first kappa shape index (κ1) is 12.6. The number of carboxylic acids is 1. The number of hydrogen-bond donors (Lipinski definition) is 1. The predicted octanol–water partition coefficient (Wildman–Crippen LogP) is 2.55. The average molecular weight is 244 g/mol. The van der Waals surface area contributed by atoms with Gasteiger partial charge in [-0.15, -0.1) is 0 Å². The number of aryl methyl sites for hydroxylation is 2. The van der Waals surface area contributed by atoms with E-state index in [9.17, 15) is 9.59 Å². The van der Waals surface area contributed by atoms with Gasteiger partial charge in [0.05, 0.1) is 5.92 Å². The van der Waals surface area contributed by atoms with Gasteiger partial charge in [0.2, 0.25) is 0 Å². The number of carbonyl (C=O) groups is 2. The van der Waals surface area contributed by atoms with Gasteiger partial charge in [0.25, 0.3) is 0 Å². The average Bonchev–Trinajstić information content (AvgIpc) is 2.36. The molecular weight excluding hydrogens is 228 g/mol. The van der Waals surface area contributed by atoms with Crippen molar-refractivity contribution < 1.29 is 14.7 Å². The van der Waals surface area contributed by atoms with Crippen LogP contribution < -0.4 is 0 Å². The van der Waals surface area contributed by atoms with Crippen LogP contribution in [0.4, 0.5) is 0 Å². The molecule has 1 aliphatic rings. The van der Waals surface area contributed by atoms with E-state index < -0.39 is 5.97 Å². The molecular formula is C15H16O3. The zero-order valence-electron chi connectivity index (χ0n) is 10.4. The van der Waals surface area contributed by atoms with Gasteiger partial charge in [-0.2, -0.15) is 0 Å². The Kier molecular flexibility index (Phi) is 3.32. The van der Waals surface area contributed by atoms with Gasteiger partial charge in [0.15, 0.2) is 5.78 Å². The van der Waals surface area contributed by atoms with Crippen molar-refractivity contribution in [2.45, 2.75) is 26.2 Å². The van der Waals surface area contributed by atoms with Crippen LogP contribution in [0.25, 0.3) is 0 Å². The lowest BCUT2D eigenvalue weighted by Gasteiger charge is -2.22. The zero-order chi connectivity index (χ0) is 13.3. The van der Waals surface area contributed by atoms with Gasteiger partial charge in [-0.05, 0) is 55.0 Å². The van der Waals surface area contributed by atoms with Crippen molar-refractivity contribution in [1.82, 2.24) is 0 Å². The lowest BCUT2D eigenvalue weighted by molar-refractivity contribution is -0.142. The fourth-order valence-corrected chi connectivity index (χ4v) is 2.52. The summed E-state index contributed by atoms with van der Waals surface area (Å²) in [7, 11) is 0. The molecule has 1 aromatic rings. The van der Waals surface area contributed by atoms with Gasteiger partial charge < -0.3 is 5.11 Å². The van der Waals surface area contributed by atoms with E-state index in [1.165, 1.54) is 11.6 Å². The molecule has 3 nitrogen and oxygen atoms in total. The molecule has 1 aromatic carbocycles. The van der Waals surface area contributed by atoms with Crippen molar-refractivity contribution in [3.05, 3.63) is 47.0 Å². The Morgan fingerprint density at radius 3 is 2.72 bits per heavy atom. The molecule has 1 atom stereocenters. The van der Waals surface area contributed by atoms with E-state index in [-0.39, 0.29) is 11.7 Å². The molecule has 1 unspecified atom stereocenters. The lowest BCUT2D eigenvalue weighted by atomic mass is 9.81. The highest BCUT2D eigenvalue weighted by atomic mass is 16.4. The second kappa shape index (κ2) is 4.77. The molecule has 0 fully saturated rings. The summed E-state index contributed by atoms with van der Waals surface area (Å²) >= 11 is 0. The molecule has 0 heterocycles. The van der Waals surface area contributed by atoms with Crippen molar-refractivity contribution in [2.24, 2.45) is 5.92 Å². The summed E-state index contributed by atoms with van der Waals surface area (Å²) in [6.07, 6.45) is 3.26. The lowest BCUT2D eigenvalue weighted by Crippen LogP contribution is -2.22. The standard InChI is InChI=1S/C15H16O3/c1-3-14(16)13-8-12-7-11(15(17)18)5-4-10(12)6-9(13)2/h3,6,8,11H,1,4-5,7H2,2H3,(H,17,18). The number of hydrogen-bond acceptors (Lipinski definition) is 2. The van der Waals surface area contributed by atoms with E-state index in [4.69, 9.17) is 5.11 Å². The van der Waals surface area contributed by atoms with Crippen LogP contribution in [0.5, 0.6) is 0 Å². The summed E-state index contributed by atoms with van der Waals surface area (Å²) in [5, 5.41) is 9.06. The number of aliphatic carboxylic acids is 1. The number of fused-ring (bicyclic) bond motifs is 1. The molecule has 1 N–H and O–H groups in total.